The summed E-state index contributed by atoms with van der Waals surface area (Å²) in [6.07, 6.45) is -0.650. The second-order valence-corrected chi connectivity index (χ2v) is 4.53. The number of carbonyl (C=O) groups excluding carboxylic acids is 1. The van der Waals surface area contributed by atoms with Gasteiger partial charge < -0.3 is 14.6 Å². The average Bonchev–Trinajstić information content (AvgIpc) is 2.26. The summed E-state index contributed by atoms with van der Waals surface area (Å²) >= 11 is 0. The van der Waals surface area contributed by atoms with E-state index in [1.165, 1.54) is 0 Å². The Hall–Kier alpha value is -1.55. The average molecular weight is 252 g/mol. The highest BCUT2D eigenvalue weighted by Crippen LogP contribution is 2.22. The fourth-order valence-electron chi connectivity index (χ4n) is 1.53. The zero-order valence-corrected chi connectivity index (χ0v) is 11.3. The molecule has 4 heteroatoms. The Bertz CT molecular complexity index is 410. The van der Waals surface area contributed by atoms with Crippen LogP contribution in [0.5, 0.6) is 5.75 Å². The van der Waals surface area contributed by atoms with Gasteiger partial charge in [-0.25, -0.2) is 4.79 Å². The Morgan fingerprint density at radius 3 is 2.50 bits per heavy atom. The number of aliphatic hydroxyl groups excluding tert-OH is 1. The molecule has 0 amide bonds. The summed E-state index contributed by atoms with van der Waals surface area (Å²) in [6.45, 7) is 7.05. The van der Waals surface area contributed by atoms with Crippen LogP contribution in [0, 0.1) is 6.92 Å². The molecule has 100 valence electrons. The number of ether oxygens (including phenoxy) is 2. The van der Waals surface area contributed by atoms with Gasteiger partial charge in [-0.3, -0.25) is 0 Å². The van der Waals surface area contributed by atoms with Gasteiger partial charge in [-0.15, -0.1) is 0 Å². The van der Waals surface area contributed by atoms with Crippen molar-refractivity contribution in [2.75, 3.05) is 6.61 Å². The predicted octanol–water partition coefficient (Wildman–Crippen LogP) is 2.38. The van der Waals surface area contributed by atoms with Crippen LogP contribution >= 0.6 is 0 Å². The third-order valence-corrected chi connectivity index (χ3v) is 2.39. The molecule has 0 radical (unpaired) electrons. The van der Waals surface area contributed by atoms with E-state index in [0.29, 0.717) is 5.75 Å². The van der Waals surface area contributed by atoms with Crippen LogP contribution in [-0.4, -0.2) is 23.8 Å². The molecule has 4 nitrogen and oxygen atoms in total. The zero-order valence-electron chi connectivity index (χ0n) is 11.3. The smallest absolute Gasteiger partial charge is 0.344 e. The predicted molar refractivity (Wildman–Crippen MR) is 68.5 cm³/mol. The molecule has 1 aromatic carbocycles. The normalized spacial score (nSPS) is 12.3. The van der Waals surface area contributed by atoms with Crippen molar-refractivity contribution in [2.24, 2.45) is 0 Å². The second-order valence-electron chi connectivity index (χ2n) is 4.53. The fraction of sp³-hybridized carbons (Fsp3) is 0.500. The Morgan fingerprint density at radius 2 is 2.00 bits per heavy atom. The van der Waals surface area contributed by atoms with Gasteiger partial charge in [0, 0.05) is 0 Å². The minimum Gasteiger partial charge on any atom is -0.482 e. The van der Waals surface area contributed by atoms with Gasteiger partial charge in [0.2, 0.25) is 0 Å². The lowest BCUT2D eigenvalue weighted by molar-refractivity contribution is -0.149. The van der Waals surface area contributed by atoms with Crippen LogP contribution in [0.3, 0.4) is 0 Å². The Balaban J connectivity index is 2.60. The van der Waals surface area contributed by atoms with Crippen molar-refractivity contribution in [3.8, 4) is 5.75 Å². The number of carbonyl (C=O) groups is 1. The van der Waals surface area contributed by atoms with E-state index in [1.807, 2.05) is 13.0 Å². The molecule has 0 aliphatic carbocycles. The van der Waals surface area contributed by atoms with Gasteiger partial charge in [-0.1, -0.05) is 6.07 Å². The lowest BCUT2D eigenvalue weighted by atomic mass is 10.1. The van der Waals surface area contributed by atoms with E-state index in [1.54, 1.807) is 32.9 Å². The van der Waals surface area contributed by atoms with E-state index in [-0.39, 0.29) is 18.7 Å². The number of esters is 1. The molecule has 0 aromatic heterocycles. The van der Waals surface area contributed by atoms with Gasteiger partial charge in [0.15, 0.2) is 6.61 Å². The van der Waals surface area contributed by atoms with Crippen LogP contribution in [-0.2, 0) is 9.53 Å². The number of benzene rings is 1. The molecule has 1 atom stereocenters. The molecule has 0 fully saturated rings. The monoisotopic (exact) mass is 252 g/mol. The van der Waals surface area contributed by atoms with Crippen molar-refractivity contribution in [3.63, 3.8) is 0 Å². The summed E-state index contributed by atoms with van der Waals surface area (Å²) < 4.78 is 10.3. The summed E-state index contributed by atoms with van der Waals surface area (Å²) in [5, 5.41) is 9.44. The van der Waals surface area contributed by atoms with Crippen LogP contribution in [0.4, 0.5) is 0 Å². The first-order chi connectivity index (χ1) is 8.40. The molecule has 1 N–H and O–H groups in total. The van der Waals surface area contributed by atoms with Gasteiger partial charge in [0.1, 0.15) is 5.75 Å². The number of aliphatic hydroxyl groups is 1. The van der Waals surface area contributed by atoms with Crippen molar-refractivity contribution >= 4 is 5.97 Å². The van der Waals surface area contributed by atoms with Crippen LogP contribution in [0.2, 0.25) is 0 Å². The van der Waals surface area contributed by atoms with Crippen LogP contribution < -0.4 is 4.74 Å². The van der Waals surface area contributed by atoms with Crippen molar-refractivity contribution in [1.82, 2.24) is 0 Å². The standard InChI is InChI=1S/C14H20O4/c1-9(2)18-14(16)8-17-13-6-5-12(11(4)15)7-10(13)3/h5-7,9,11,15H,8H2,1-4H3/t11-/m0/s1. The third-order valence-electron chi connectivity index (χ3n) is 2.39. The van der Waals surface area contributed by atoms with E-state index in [4.69, 9.17) is 9.47 Å². The van der Waals surface area contributed by atoms with E-state index in [0.717, 1.165) is 11.1 Å². The molecule has 0 aliphatic rings. The van der Waals surface area contributed by atoms with Crippen molar-refractivity contribution in [2.45, 2.75) is 39.9 Å². The highest BCUT2D eigenvalue weighted by molar-refractivity contribution is 5.71. The Kier molecular flexibility index (Phi) is 5.16. The maximum absolute atomic E-state index is 11.3. The molecule has 0 saturated heterocycles. The Morgan fingerprint density at radius 1 is 1.33 bits per heavy atom. The lowest BCUT2D eigenvalue weighted by Crippen LogP contribution is -2.19. The molecule has 0 unspecified atom stereocenters. The number of hydrogen-bond acceptors (Lipinski definition) is 4. The number of aryl methyl sites for hydroxylation is 1. The van der Waals surface area contributed by atoms with Crippen LogP contribution in [0.25, 0.3) is 0 Å². The minimum atomic E-state index is -0.511. The van der Waals surface area contributed by atoms with Gasteiger partial charge in [0.25, 0.3) is 0 Å². The van der Waals surface area contributed by atoms with E-state index in [9.17, 15) is 9.90 Å². The SMILES string of the molecule is Cc1cc([C@H](C)O)ccc1OCC(=O)OC(C)C. The molecule has 18 heavy (non-hydrogen) atoms. The summed E-state index contributed by atoms with van der Waals surface area (Å²) in [6, 6.07) is 5.37. The molecular weight excluding hydrogens is 232 g/mol. The van der Waals surface area contributed by atoms with Gasteiger partial charge >= 0.3 is 5.97 Å². The first kappa shape index (κ1) is 14.5. The minimum absolute atomic E-state index is 0.104. The highest BCUT2D eigenvalue weighted by atomic mass is 16.6. The van der Waals surface area contributed by atoms with E-state index < -0.39 is 6.10 Å². The van der Waals surface area contributed by atoms with Crippen LogP contribution in [0.15, 0.2) is 18.2 Å². The second kappa shape index (κ2) is 6.40. The largest absolute Gasteiger partial charge is 0.482 e. The van der Waals surface area contributed by atoms with E-state index >= 15 is 0 Å². The summed E-state index contributed by atoms with van der Waals surface area (Å²) in [5.41, 5.74) is 1.70. The number of rotatable bonds is 5. The molecule has 1 aromatic rings. The molecule has 0 bridgehead atoms. The molecular formula is C14H20O4. The van der Waals surface area contributed by atoms with Crippen molar-refractivity contribution in [1.29, 1.82) is 0 Å². The molecule has 1 rings (SSSR count). The van der Waals surface area contributed by atoms with E-state index in [2.05, 4.69) is 0 Å². The summed E-state index contributed by atoms with van der Waals surface area (Å²) in [7, 11) is 0. The topological polar surface area (TPSA) is 55.8 Å². The van der Waals surface area contributed by atoms with Gasteiger partial charge in [0.05, 0.1) is 12.2 Å². The molecule has 0 saturated carbocycles. The van der Waals surface area contributed by atoms with Gasteiger partial charge in [-0.05, 0) is 51.0 Å². The molecule has 0 heterocycles. The first-order valence-corrected chi connectivity index (χ1v) is 6.01. The van der Waals surface area contributed by atoms with Crippen molar-refractivity contribution < 1.29 is 19.4 Å². The van der Waals surface area contributed by atoms with Crippen LogP contribution in [0.1, 0.15) is 38.0 Å². The Labute approximate surface area is 108 Å². The fourth-order valence-corrected chi connectivity index (χ4v) is 1.53. The zero-order chi connectivity index (χ0) is 13.7. The highest BCUT2D eigenvalue weighted by Gasteiger charge is 2.09. The lowest BCUT2D eigenvalue weighted by Gasteiger charge is -2.12. The number of hydrogen-bond donors (Lipinski definition) is 1. The molecule has 0 spiro atoms. The quantitative estimate of drug-likeness (QED) is 0.817. The summed E-state index contributed by atoms with van der Waals surface area (Å²) in [5.74, 6) is 0.240. The molecule has 0 aliphatic heterocycles. The van der Waals surface area contributed by atoms with Gasteiger partial charge in [-0.2, -0.15) is 0 Å². The maximum Gasteiger partial charge on any atom is 0.344 e. The summed E-state index contributed by atoms with van der Waals surface area (Å²) in [4.78, 5) is 11.3. The first-order valence-electron chi connectivity index (χ1n) is 6.01. The maximum atomic E-state index is 11.3. The third kappa shape index (κ3) is 4.37. The van der Waals surface area contributed by atoms with Crippen molar-refractivity contribution in [3.05, 3.63) is 29.3 Å².